The molecule has 1 saturated carbocycles. The standard InChI is InChI=1S/C19H28O2/c1-13-6-11-17(21-5)16(12-13)18(20)14-7-9-15(10-8-14)19(2,3)4/h6,11-12,14-15H,7-10H2,1-5H3. The highest BCUT2D eigenvalue weighted by Crippen LogP contribution is 2.41. The van der Waals surface area contributed by atoms with Gasteiger partial charge in [-0.3, -0.25) is 4.79 Å². The molecule has 0 N–H and O–H groups in total. The van der Waals surface area contributed by atoms with Crippen LogP contribution in [0.5, 0.6) is 5.75 Å². The van der Waals surface area contributed by atoms with Crippen LogP contribution in [0.1, 0.15) is 62.4 Å². The normalized spacial score (nSPS) is 22.9. The second-order valence-corrected chi connectivity index (χ2v) is 7.48. The third-order valence-electron chi connectivity index (χ3n) is 4.94. The summed E-state index contributed by atoms with van der Waals surface area (Å²) < 4.78 is 5.37. The highest BCUT2D eigenvalue weighted by molar-refractivity contribution is 6.00. The largest absolute Gasteiger partial charge is 0.496 e. The zero-order valence-corrected chi connectivity index (χ0v) is 14.0. The van der Waals surface area contributed by atoms with Crippen molar-refractivity contribution in [1.29, 1.82) is 0 Å². The van der Waals surface area contributed by atoms with Gasteiger partial charge in [0, 0.05) is 5.92 Å². The van der Waals surface area contributed by atoms with E-state index < -0.39 is 0 Å². The van der Waals surface area contributed by atoms with Gasteiger partial charge in [-0.25, -0.2) is 0 Å². The second-order valence-electron chi connectivity index (χ2n) is 7.48. The zero-order chi connectivity index (χ0) is 15.6. The Balaban J connectivity index is 2.11. The molecule has 2 rings (SSSR count). The van der Waals surface area contributed by atoms with Crippen molar-refractivity contribution in [1.82, 2.24) is 0 Å². The third-order valence-corrected chi connectivity index (χ3v) is 4.94. The van der Waals surface area contributed by atoms with E-state index in [1.54, 1.807) is 7.11 Å². The first-order valence-corrected chi connectivity index (χ1v) is 8.01. The van der Waals surface area contributed by atoms with Crippen molar-refractivity contribution in [2.24, 2.45) is 17.3 Å². The van der Waals surface area contributed by atoms with E-state index in [9.17, 15) is 4.79 Å². The summed E-state index contributed by atoms with van der Waals surface area (Å²) in [6.07, 6.45) is 4.35. The third kappa shape index (κ3) is 3.66. The first-order valence-electron chi connectivity index (χ1n) is 8.01. The van der Waals surface area contributed by atoms with Crippen molar-refractivity contribution in [3.05, 3.63) is 29.3 Å². The molecule has 2 heteroatoms. The Morgan fingerprint density at radius 2 is 1.76 bits per heavy atom. The summed E-state index contributed by atoms with van der Waals surface area (Å²) in [6.45, 7) is 8.95. The van der Waals surface area contributed by atoms with Gasteiger partial charge in [-0.2, -0.15) is 0 Å². The van der Waals surface area contributed by atoms with Gasteiger partial charge >= 0.3 is 0 Å². The van der Waals surface area contributed by atoms with Gasteiger partial charge in [-0.1, -0.05) is 32.4 Å². The quantitative estimate of drug-likeness (QED) is 0.728. The number of ether oxygens (including phenoxy) is 1. The molecule has 1 aliphatic rings. The molecule has 21 heavy (non-hydrogen) atoms. The van der Waals surface area contributed by atoms with Gasteiger partial charge in [-0.15, -0.1) is 0 Å². The van der Waals surface area contributed by atoms with Gasteiger partial charge in [0.1, 0.15) is 5.75 Å². The van der Waals surface area contributed by atoms with Crippen molar-refractivity contribution in [3.8, 4) is 5.75 Å². The smallest absolute Gasteiger partial charge is 0.169 e. The van der Waals surface area contributed by atoms with Crippen LogP contribution in [0.4, 0.5) is 0 Å². The van der Waals surface area contributed by atoms with Gasteiger partial charge in [0.25, 0.3) is 0 Å². The average molecular weight is 288 g/mol. The molecule has 0 bridgehead atoms. The summed E-state index contributed by atoms with van der Waals surface area (Å²) in [5, 5.41) is 0. The van der Waals surface area contributed by atoms with Crippen LogP contribution in [-0.4, -0.2) is 12.9 Å². The molecule has 1 aliphatic carbocycles. The topological polar surface area (TPSA) is 26.3 Å². The summed E-state index contributed by atoms with van der Waals surface area (Å²) in [5.74, 6) is 1.88. The fraction of sp³-hybridized carbons (Fsp3) is 0.632. The number of carbonyl (C=O) groups excluding carboxylic acids is 1. The molecule has 0 aromatic heterocycles. The summed E-state index contributed by atoms with van der Waals surface area (Å²) >= 11 is 0. The van der Waals surface area contributed by atoms with Crippen molar-refractivity contribution in [3.63, 3.8) is 0 Å². The minimum absolute atomic E-state index is 0.166. The highest BCUT2D eigenvalue weighted by atomic mass is 16.5. The minimum Gasteiger partial charge on any atom is -0.496 e. The maximum absolute atomic E-state index is 12.8. The van der Waals surface area contributed by atoms with E-state index >= 15 is 0 Å². The summed E-state index contributed by atoms with van der Waals surface area (Å²) in [6, 6.07) is 5.87. The number of hydrogen-bond acceptors (Lipinski definition) is 2. The fourth-order valence-electron chi connectivity index (χ4n) is 3.46. The summed E-state index contributed by atoms with van der Waals surface area (Å²) in [5.41, 5.74) is 2.23. The number of rotatable bonds is 3. The van der Waals surface area contributed by atoms with Crippen LogP contribution in [0, 0.1) is 24.2 Å². The Bertz CT molecular complexity index is 503. The number of aryl methyl sites for hydroxylation is 1. The van der Waals surface area contributed by atoms with Crippen LogP contribution in [-0.2, 0) is 0 Å². The molecule has 0 heterocycles. The summed E-state index contributed by atoms with van der Waals surface area (Å²) in [4.78, 5) is 12.8. The van der Waals surface area contributed by atoms with Crippen molar-refractivity contribution >= 4 is 5.78 Å². The minimum atomic E-state index is 0.166. The van der Waals surface area contributed by atoms with Crippen LogP contribution in [0.3, 0.4) is 0 Å². The molecule has 2 nitrogen and oxygen atoms in total. The van der Waals surface area contributed by atoms with Crippen molar-refractivity contribution in [2.45, 2.75) is 53.4 Å². The molecule has 116 valence electrons. The first kappa shape index (κ1) is 16.1. The van der Waals surface area contributed by atoms with Gasteiger partial charge in [0.05, 0.1) is 12.7 Å². The Labute approximate surface area is 128 Å². The number of Topliss-reactive ketones (excluding diaryl/α,β-unsaturated/α-hetero) is 1. The number of carbonyl (C=O) groups is 1. The predicted molar refractivity (Wildman–Crippen MR) is 87.0 cm³/mol. The predicted octanol–water partition coefficient (Wildman–Crippen LogP) is 5.04. The molecular formula is C19H28O2. The molecule has 0 spiro atoms. The van der Waals surface area contributed by atoms with E-state index in [1.165, 1.54) is 0 Å². The lowest BCUT2D eigenvalue weighted by Gasteiger charge is -2.36. The molecule has 0 amide bonds. The Morgan fingerprint density at radius 3 is 2.29 bits per heavy atom. The molecule has 0 aliphatic heterocycles. The lowest BCUT2D eigenvalue weighted by molar-refractivity contribution is 0.0816. The Morgan fingerprint density at radius 1 is 1.14 bits per heavy atom. The van der Waals surface area contributed by atoms with Crippen LogP contribution in [0.2, 0.25) is 0 Å². The van der Waals surface area contributed by atoms with Crippen LogP contribution < -0.4 is 4.74 Å². The molecule has 1 aromatic rings. The number of ketones is 1. The van der Waals surface area contributed by atoms with Gasteiger partial charge in [-0.05, 0) is 56.1 Å². The van der Waals surface area contributed by atoms with Gasteiger partial charge in [0.15, 0.2) is 5.78 Å². The van der Waals surface area contributed by atoms with E-state index in [0.29, 0.717) is 11.2 Å². The Hall–Kier alpha value is -1.31. The number of benzene rings is 1. The lowest BCUT2D eigenvalue weighted by atomic mass is 9.68. The van der Waals surface area contributed by atoms with E-state index in [4.69, 9.17) is 4.74 Å². The van der Waals surface area contributed by atoms with Crippen molar-refractivity contribution in [2.75, 3.05) is 7.11 Å². The Kier molecular flexibility index (Phi) is 4.75. The maximum Gasteiger partial charge on any atom is 0.169 e. The van der Waals surface area contributed by atoms with E-state index in [1.807, 2.05) is 25.1 Å². The van der Waals surface area contributed by atoms with Crippen molar-refractivity contribution < 1.29 is 9.53 Å². The number of methoxy groups -OCH3 is 1. The lowest BCUT2D eigenvalue weighted by Crippen LogP contribution is -2.29. The molecule has 0 radical (unpaired) electrons. The second kappa shape index (κ2) is 6.21. The fourth-order valence-corrected chi connectivity index (χ4v) is 3.46. The van der Waals surface area contributed by atoms with Crippen LogP contribution >= 0.6 is 0 Å². The van der Waals surface area contributed by atoms with E-state index in [-0.39, 0.29) is 11.7 Å². The molecule has 0 atom stereocenters. The molecule has 0 unspecified atom stereocenters. The molecule has 0 saturated heterocycles. The van der Waals surface area contributed by atoms with Crippen LogP contribution in [0.25, 0.3) is 0 Å². The molecular weight excluding hydrogens is 260 g/mol. The molecule has 1 aromatic carbocycles. The summed E-state index contributed by atoms with van der Waals surface area (Å²) in [7, 11) is 1.64. The maximum atomic E-state index is 12.8. The van der Waals surface area contributed by atoms with Gasteiger partial charge < -0.3 is 4.74 Å². The van der Waals surface area contributed by atoms with E-state index in [0.717, 1.165) is 42.7 Å². The molecule has 1 fully saturated rings. The first-order chi connectivity index (χ1) is 9.82. The number of hydrogen-bond donors (Lipinski definition) is 0. The highest BCUT2D eigenvalue weighted by Gasteiger charge is 2.33. The van der Waals surface area contributed by atoms with Crippen LogP contribution in [0.15, 0.2) is 18.2 Å². The SMILES string of the molecule is COc1ccc(C)cc1C(=O)C1CCC(C(C)(C)C)CC1. The van der Waals surface area contributed by atoms with E-state index in [2.05, 4.69) is 20.8 Å². The zero-order valence-electron chi connectivity index (χ0n) is 14.0. The monoisotopic (exact) mass is 288 g/mol. The average Bonchev–Trinajstić information content (AvgIpc) is 2.45. The van der Waals surface area contributed by atoms with Gasteiger partial charge in [0.2, 0.25) is 0 Å².